The smallest absolute Gasteiger partial charge is 0.180 e. The van der Waals surface area contributed by atoms with E-state index in [1.54, 1.807) is 11.9 Å². The van der Waals surface area contributed by atoms with Gasteiger partial charge in [-0.3, -0.25) is 14.2 Å². The first-order valence-electron chi connectivity index (χ1n) is 10.8. The van der Waals surface area contributed by atoms with Gasteiger partial charge in [0.25, 0.3) is 0 Å². The predicted molar refractivity (Wildman–Crippen MR) is 121 cm³/mol. The van der Waals surface area contributed by atoms with Crippen molar-refractivity contribution in [2.24, 2.45) is 0 Å². The van der Waals surface area contributed by atoms with E-state index in [-0.39, 0.29) is 0 Å². The fourth-order valence-corrected chi connectivity index (χ4v) is 4.96. The molecule has 1 unspecified atom stereocenters. The van der Waals surface area contributed by atoms with E-state index < -0.39 is 0 Å². The van der Waals surface area contributed by atoms with Crippen LogP contribution in [-0.4, -0.2) is 48.7 Å². The summed E-state index contributed by atoms with van der Waals surface area (Å²) in [6.45, 7) is 1.95. The minimum absolute atomic E-state index is 0.472. The number of nitrogens with one attached hydrogen (secondary N) is 2. The third-order valence-electron chi connectivity index (χ3n) is 6.01. The highest BCUT2D eigenvalue weighted by molar-refractivity contribution is 7.97. The fraction of sp³-hybridized carbons (Fsp3) is 0.364. The van der Waals surface area contributed by atoms with Crippen LogP contribution in [0.3, 0.4) is 0 Å². The van der Waals surface area contributed by atoms with Gasteiger partial charge in [0.1, 0.15) is 17.2 Å². The summed E-state index contributed by atoms with van der Waals surface area (Å²) in [4.78, 5) is 17.6. The SMILES string of the molecule is c1cc(N2CCCC(c3cn[nH]c3)C2)nc(-c2cnc3ccc(SNC4CC4)cn23)n1. The Hall–Kier alpha value is -2.91. The number of aromatic amines is 1. The highest BCUT2D eigenvalue weighted by Crippen LogP contribution is 2.30. The number of hydrogen-bond acceptors (Lipinski definition) is 7. The Balaban J connectivity index is 1.27. The number of aromatic nitrogens is 6. The summed E-state index contributed by atoms with van der Waals surface area (Å²) in [6.07, 6.45) is 14.6. The van der Waals surface area contributed by atoms with Gasteiger partial charge in [-0.25, -0.2) is 15.0 Å². The number of pyridine rings is 1. The van der Waals surface area contributed by atoms with Crippen LogP contribution < -0.4 is 9.62 Å². The van der Waals surface area contributed by atoms with Crippen molar-refractivity contribution >= 4 is 23.4 Å². The molecule has 31 heavy (non-hydrogen) atoms. The summed E-state index contributed by atoms with van der Waals surface area (Å²) >= 11 is 1.68. The van der Waals surface area contributed by atoms with Crippen LogP contribution in [0.15, 0.2) is 54.1 Å². The molecule has 4 aromatic rings. The Kier molecular flexibility index (Phi) is 4.84. The number of rotatable bonds is 6. The van der Waals surface area contributed by atoms with Crippen molar-refractivity contribution in [2.75, 3.05) is 18.0 Å². The lowest BCUT2D eigenvalue weighted by molar-refractivity contribution is 0.507. The van der Waals surface area contributed by atoms with Gasteiger partial charge in [0.15, 0.2) is 5.82 Å². The summed E-state index contributed by atoms with van der Waals surface area (Å²) in [7, 11) is 0. The van der Waals surface area contributed by atoms with Crippen LogP contribution >= 0.6 is 11.9 Å². The number of piperidine rings is 1. The Morgan fingerprint density at radius 1 is 1.10 bits per heavy atom. The molecule has 0 aromatic carbocycles. The molecule has 2 fully saturated rings. The van der Waals surface area contributed by atoms with E-state index in [1.165, 1.54) is 24.8 Å². The summed E-state index contributed by atoms with van der Waals surface area (Å²) in [5, 5.41) is 7.06. The molecule has 9 heteroatoms. The normalized spacial score (nSPS) is 19.2. The molecule has 0 spiro atoms. The van der Waals surface area contributed by atoms with Crippen molar-refractivity contribution in [3.63, 3.8) is 0 Å². The Morgan fingerprint density at radius 3 is 2.94 bits per heavy atom. The minimum Gasteiger partial charge on any atom is -0.356 e. The lowest BCUT2D eigenvalue weighted by Crippen LogP contribution is -2.34. The fourth-order valence-electron chi connectivity index (χ4n) is 4.13. The van der Waals surface area contributed by atoms with E-state index >= 15 is 0 Å². The number of H-pyrrole nitrogens is 1. The van der Waals surface area contributed by atoms with Crippen molar-refractivity contribution in [3.8, 4) is 11.5 Å². The first kappa shape index (κ1) is 18.8. The zero-order chi connectivity index (χ0) is 20.6. The third kappa shape index (κ3) is 3.90. The minimum atomic E-state index is 0.472. The van der Waals surface area contributed by atoms with Crippen LogP contribution in [0.25, 0.3) is 17.2 Å². The van der Waals surface area contributed by atoms with Crippen molar-refractivity contribution in [1.82, 2.24) is 34.3 Å². The monoisotopic (exact) mass is 432 g/mol. The van der Waals surface area contributed by atoms with Crippen LogP contribution in [0.5, 0.6) is 0 Å². The van der Waals surface area contributed by atoms with Gasteiger partial charge in [-0.05, 0) is 61.4 Å². The van der Waals surface area contributed by atoms with Gasteiger partial charge in [-0.2, -0.15) is 5.10 Å². The van der Waals surface area contributed by atoms with Crippen molar-refractivity contribution in [2.45, 2.75) is 42.5 Å². The average Bonchev–Trinajstić information content (AvgIpc) is 3.31. The van der Waals surface area contributed by atoms with E-state index in [9.17, 15) is 0 Å². The number of fused-ring (bicyclic) bond motifs is 1. The maximum atomic E-state index is 4.93. The molecule has 2 N–H and O–H groups in total. The van der Waals surface area contributed by atoms with Gasteiger partial charge in [-0.1, -0.05) is 0 Å². The number of nitrogens with zero attached hydrogens (tertiary/aromatic N) is 6. The van der Waals surface area contributed by atoms with Gasteiger partial charge >= 0.3 is 0 Å². The molecule has 0 radical (unpaired) electrons. The first-order chi connectivity index (χ1) is 15.3. The summed E-state index contributed by atoms with van der Waals surface area (Å²) in [5.41, 5.74) is 3.08. The molecule has 8 nitrogen and oxygen atoms in total. The van der Waals surface area contributed by atoms with Crippen LogP contribution in [0.1, 0.15) is 37.2 Å². The van der Waals surface area contributed by atoms with Crippen molar-refractivity contribution < 1.29 is 0 Å². The van der Waals surface area contributed by atoms with Gasteiger partial charge in [0, 0.05) is 48.5 Å². The maximum absolute atomic E-state index is 4.93. The molecular formula is C22H24N8S. The topological polar surface area (TPSA) is 87.0 Å². The third-order valence-corrected chi connectivity index (χ3v) is 6.93. The molecule has 1 aliphatic heterocycles. The molecule has 1 atom stereocenters. The highest BCUT2D eigenvalue weighted by atomic mass is 32.2. The molecule has 1 saturated heterocycles. The summed E-state index contributed by atoms with van der Waals surface area (Å²) < 4.78 is 5.58. The highest BCUT2D eigenvalue weighted by Gasteiger charge is 2.24. The van der Waals surface area contributed by atoms with E-state index in [4.69, 9.17) is 4.98 Å². The van der Waals surface area contributed by atoms with Crippen LogP contribution in [0, 0.1) is 0 Å². The molecule has 5 heterocycles. The standard InChI is InChI=1S/C22H24N8S/c1-2-15(16-10-25-26-11-16)13-29(9-1)21-7-8-23-22(27-21)19-12-24-20-6-5-18(14-30(19)20)31-28-17-3-4-17/h5-8,10-12,14-15,17,28H,1-4,9,13H2,(H,25,26). The summed E-state index contributed by atoms with van der Waals surface area (Å²) in [5.74, 6) is 2.14. The van der Waals surface area contributed by atoms with Gasteiger partial charge in [-0.15, -0.1) is 0 Å². The van der Waals surface area contributed by atoms with Gasteiger partial charge in [0.05, 0.1) is 12.4 Å². The molecular weight excluding hydrogens is 408 g/mol. The zero-order valence-electron chi connectivity index (χ0n) is 17.1. The van der Waals surface area contributed by atoms with E-state index in [2.05, 4.69) is 46.5 Å². The zero-order valence-corrected chi connectivity index (χ0v) is 17.9. The second kappa shape index (κ2) is 7.97. The first-order valence-corrected chi connectivity index (χ1v) is 11.6. The number of anilines is 1. The molecule has 2 aliphatic rings. The molecule has 0 bridgehead atoms. The van der Waals surface area contributed by atoms with Crippen molar-refractivity contribution in [1.29, 1.82) is 0 Å². The lowest BCUT2D eigenvalue weighted by Gasteiger charge is -2.33. The largest absolute Gasteiger partial charge is 0.356 e. The second-order valence-corrected chi connectivity index (χ2v) is 9.20. The molecule has 6 rings (SSSR count). The average molecular weight is 433 g/mol. The van der Waals surface area contributed by atoms with E-state index in [0.717, 1.165) is 41.6 Å². The molecule has 1 saturated carbocycles. The van der Waals surface area contributed by atoms with E-state index in [0.29, 0.717) is 17.8 Å². The summed E-state index contributed by atoms with van der Waals surface area (Å²) in [6, 6.07) is 6.81. The van der Waals surface area contributed by atoms with Gasteiger partial charge in [0.2, 0.25) is 0 Å². The van der Waals surface area contributed by atoms with E-state index in [1.807, 2.05) is 36.9 Å². The van der Waals surface area contributed by atoms with Gasteiger partial charge < -0.3 is 4.90 Å². The Morgan fingerprint density at radius 2 is 2.06 bits per heavy atom. The number of imidazole rings is 1. The molecule has 4 aromatic heterocycles. The Bertz CT molecular complexity index is 1180. The molecule has 1 aliphatic carbocycles. The van der Waals surface area contributed by atoms with Crippen LogP contribution in [0.2, 0.25) is 0 Å². The Labute approximate surface area is 184 Å². The quantitative estimate of drug-likeness (QED) is 0.450. The molecule has 158 valence electrons. The maximum Gasteiger partial charge on any atom is 0.180 e. The predicted octanol–water partition coefficient (Wildman–Crippen LogP) is 3.66. The van der Waals surface area contributed by atoms with Crippen LogP contribution in [0.4, 0.5) is 5.82 Å². The molecule has 0 amide bonds. The second-order valence-electron chi connectivity index (χ2n) is 8.29. The number of hydrogen-bond donors (Lipinski definition) is 2. The lowest BCUT2D eigenvalue weighted by atomic mass is 9.93. The van der Waals surface area contributed by atoms with Crippen LogP contribution in [-0.2, 0) is 0 Å². The van der Waals surface area contributed by atoms with Crippen molar-refractivity contribution in [3.05, 3.63) is 54.7 Å².